The van der Waals surface area contributed by atoms with E-state index in [0.717, 1.165) is 0 Å². The van der Waals surface area contributed by atoms with Gasteiger partial charge in [0.05, 0.1) is 6.42 Å². The Labute approximate surface area is 96.1 Å². The Hall–Kier alpha value is -1.25. The van der Waals surface area contributed by atoms with Gasteiger partial charge in [-0.3, -0.25) is 4.79 Å². The van der Waals surface area contributed by atoms with Gasteiger partial charge < -0.3 is 9.67 Å². The lowest BCUT2D eigenvalue weighted by Gasteiger charge is -2.25. The Balaban J connectivity index is 2.02. The standard InChI is InChI=1S/C13H19NO2/c15-13(16)9-8-12-7-4-10-14(12)11-5-2-1-3-6-11/h4,7,10-11H,1-3,5-6,8-9H2,(H,15,16). The number of aliphatic carboxylic acids is 1. The molecule has 0 amide bonds. The van der Waals surface area contributed by atoms with Crippen LogP contribution in [-0.4, -0.2) is 15.6 Å². The maximum atomic E-state index is 10.6. The fourth-order valence-electron chi connectivity index (χ4n) is 2.59. The van der Waals surface area contributed by atoms with Gasteiger partial charge in [0, 0.05) is 17.9 Å². The molecule has 1 fully saturated rings. The minimum absolute atomic E-state index is 0.233. The van der Waals surface area contributed by atoms with E-state index in [1.165, 1.54) is 37.8 Å². The van der Waals surface area contributed by atoms with Crippen LogP contribution < -0.4 is 0 Å². The zero-order valence-electron chi connectivity index (χ0n) is 9.56. The van der Waals surface area contributed by atoms with Crippen LogP contribution in [0.3, 0.4) is 0 Å². The molecule has 1 N–H and O–H groups in total. The number of carboxylic acid groups (broad SMARTS) is 1. The third-order valence-corrected chi connectivity index (χ3v) is 3.43. The molecule has 16 heavy (non-hydrogen) atoms. The van der Waals surface area contributed by atoms with Crippen LogP contribution in [0.5, 0.6) is 0 Å². The number of carboxylic acids is 1. The Morgan fingerprint density at radius 2 is 2.12 bits per heavy atom. The summed E-state index contributed by atoms with van der Waals surface area (Å²) in [4.78, 5) is 10.6. The van der Waals surface area contributed by atoms with Gasteiger partial charge in [0.25, 0.3) is 0 Å². The average molecular weight is 221 g/mol. The molecule has 3 heteroatoms. The highest BCUT2D eigenvalue weighted by Crippen LogP contribution is 2.29. The molecule has 0 saturated heterocycles. The van der Waals surface area contributed by atoms with E-state index in [9.17, 15) is 4.79 Å². The van der Waals surface area contributed by atoms with Crippen LogP contribution in [0.15, 0.2) is 18.3 Å². The van der Waals surface area contributed by atoms with Gasteiger partial charge in [-0.1, -0.05) is 19.3 Å². The fraction of sp³-hybridized carbons (Fsp3) is 0.615. The molecule has 0 bridgehead atoms. The molecule has 0 unspecified atom stereocenters. The summed E-state index contributed by atoms with van der Waals surface area (Å²) in [5.41, 5.74) is 1.18. The zero-order valence-corrected chi connectivity index (χ0v) is 9.56. The Kier molecular flexibility index (Phi) is 3.65. The molecule has 0 aromatic carbocycles. The largest absolute Gasteiger partial charge is 0.481 e. The van der Waals surface area contributed by atoms with Crippen molar-refractivity contribution >= 4 is 5.97 Å². The van der Waals surface area contributed by atoms with Crippen molar-refractivity contribution in [2.75, 3.05) is 0 Å². The molecule has 1 heterocycles. The Morgan fingerprint density at radius 1 is 1.38 bits per heavy atom. The molecule has 0 radical (unpaired) electrons. The van der Waals surface area contributed by atoms with Gasteiger partial charge in [-0.05, 0) is 31.4 Å². The number of hydrogen-bond donors (Lipinski definition) is 1. The number of aromatic nitrogens is 1. The van der Waals surface area contributed by atoms with Crippen molar-refractivity contribution in [1.82, 2.24) is 4.57 Å². The van der Waals surface area contributed by atoms with Crippen molar-refractivity contribution < 1.29 is 9.90 Å². The highest BCUT2D eigenvalue weighted by molar-refractivity contribution is 5.66. The number of nitrogens with zero attached hydrogens (tertiary/aromatic N) is 1. The van der Waals surface area contributed by atoms with Gasteiger partial charge in [0.2, 0.25) is 0 Å². The SMILES string of the molecule is O=C(O)CCc1cccn1C1CCCCC1. The number of hydrogen-bond acceptors (Lipinski definition) is 1. The molecule has 1 aliphatic carbocycles. The zero-order chi connectivity index (χ0) is 11.4. The van der Waals surface area contributed by atoms with Gasteiger partial charge in [0.15, 0.2) is 0 Å². The second-order valence-electron chi connectivity index (χ2n) is 4.59. The third kappa shape index (κ3) is 2.65. The van der Waals surface area contributed by atoms with Crippen molar-refractivity contribution in [2.45, 2.75) is 51.0 Å². The monoisotopic (exact) mass is 221 g/mol. The van der Waals surface area contributed by atoms with E-state index in [-0.39, 0.29) is 6.42 Å². The van der Waals surface area contributed by atoms with Crippen molar-refractivity contribution in [2.24, 2.45) is 0 Å². The third-order valence-electron chi connectivity index (χ3n) is 3.43. The van der Waals surface area contributed by atoms with Gasteiger partial charge in [-0.2, -0.15) is 0 Å². The number of rotatable bonds is 4. The molecule has 0 spiro atoms. The summed E-state index contributed by atoms with van der Waals surface area (Å²) in [6.07, 6.45) is 9.44. The lowest BCUT2D eigenvalue weighted by atomic mass is 9.95. The summed E-state index contributed by atoms with van der Waals surface area (Å²) in [5, 5.41) is 8.70. The van der Waals surface area contributed by atoms with Gasteiger partial charge in [-0.25, -0.2) is 0 Å². The van der Waals surface area contributed by atoms with Gasteiger partial charge >= 0.3 is 5.97 Å². The van der Waals surface area contributed by atoms with E-state index < -0.39 is 5.97 Å². The van der Waals surface area contributed by atoms with Gasteiger partial charge in [-0.15, -0.1) is 0 Å². The minimum Gasteiger partial charge on any atom is -0.481 e. The number of aryl methyl sites for hydroxylation is 1. The lowest BCUT2D eigenvalue weighted by Crippen LogP contribution is -2.14. The second kappa shape index (κ2) is 5.19. The summed E-state index contributed by atoms with van der Waals surface area (Å²) in [6.45, 7) is 0. The summed E-state index contributed by atoms with van der Waals surface area (Å²) in [6, 6.07) is 4.69. The van der Waals surface area contributed by atoms with Crippen molar-refractivity contribution in [3.63, 3.8) is 0 Å². The summed E-state index contributed by atoms with van der Waals surface area (Å²) in [7, 11) is 0. The van der Waals surface area contributed by atoms with E-state index in [2.05, 4.69) is 16.8 Å². The molecule has 3 nitrogen and oxygen atoms in total. The highest BCUT2D eigenvalue weighted by atomic mass is 16.4. The van der Waals surface area contributed by atoms with Crippen LogP contribution >= 0.6 is 0 Å². The number of carbonyl (C=O) groups is 1. The van der Waals surface area contributed by atoms with E-state index in [0.29, 0.717) is 12.5 Å². The summed E-state index contributed by atoms with van der Waals surface area (Å²) < 4.78 is 2.29. The van der Waals surface area contributed by atoms with Crippen LogP contribution in [0.2, 0.25) is 0 Å². The Morgan fingerprint density at radius 3 is 2.81 bits per heavy atom. The predicted octanol–water partition coefficient (Wildman–Crippen LogP) is 3.01. The predicted molar refractivity (Wildman–Crippen MR) is 62.5 cm³/mol. The van der Waals surface area contributed by atoms with Crippen molar-refractivity contribution in [1.29, 1.82) is 0 Å². The maximum absolute atomic E-state index is 10.6. The average Bonchev–Trinajstić information content (AvgIpc) is 2.75. The molecule has 0 aliphatic heterocycles. The lowest BCUT2D eigenvalue weighted by molar-refractivity contribution is -0.137. The molecule has 1 aromatic rings. The molecule has 0 atom stereocenters. The van der Waals surface area contributed by atoms with Crippen molar-refractivity contribution in [3.05, 3.63) is 24.0 Å². The minimum atomic E-state index is -0.712. The normalized spacial score (nSPS) is 17.5. The van der Waals surface area contributed by atoms with Crippen LogP contribution in [0.1, 0.15) is 50.3 Å². The summed E-state index contributed by atoms with van der Waals surface area (Å²) in [5.74, 6) is -0.712. The van der Waals surface area contributed by atoms with E-state index in [1.54, 1.807) is 0 Å². The smallest absolute Gasteiger partial charge is 0.303 e. The van der Waals surface area contributed by atoms with Crippen LogP contribution in [0.4, 0.5) is 0 Å². The maximum Gasteiger partial charge on any atom is 0.303 e. The summed E-state index contributed by atoms with van der Waals surface area (Å²) >= 11 is 0. The van der Waals surface area contributed by atoms with Crippen LogP contribution in [-0.2, 0) is 11.2 Å². The molecule has 88 valence electrons. The first kappa shape index (κ1) is 11.2. The first-order chi connectivity index (χ1) is 7.77. The molecule has 2 rings (SSSR count). The molecule has 1 aliphatic rings. The van der Waals surface area contributed by atoms with Gasteiger partial charge in [0.1, 0.15) is 0 Å². The highest BCUT2D eigenvalue weighted by Gasteiger charge is 2.16. The first-order valence-corrected chi connectivity index (χ1v) is 6.15. The van der Waals surface area contributed by atoms with E-state index in [1.807, 2.05) is 6.07 Å². The fourth-order valence-corrected chi connectivity index (χ4v) is 2.59. The van der Waals surface area contributed by atoms with Crippen LogP contribution in [0, 0.1) is 0 Å². The topological polar surface area (TPSA) is 42.2 Å². The molecule has 1 aromatic heterocycles. The molecular weight excluding hydrogens is 202 g/mol. The molecule has 1 saturated carbocycles. The first-order valence-electron chi connectivity index (χ1n) is 6.15. The Bertz CT molecular complexity index is 351. The molecular formula is C13H19NO2. The van der Waals surface area contributed by atoms with Crippen molar-refractivity contribution in [3.8, 4) is 0 Å². The quantitative estimate of drug-likeness (QED) is 0.849. The second-order valence-corrected chi connectivity index (χ2v) is 4.59. The van der Waals surface area contributed by atoms with E-state index in [4.69, 9.17) is 5.11 Å². The van der Waals surface area contributed by atoms with Crippen LogP contribution in [0.25, 0.3) is 0 Å². The van der Waals surface area contributed by atoms with E-state index >= 15 is 0 Å².